The zero-order chi connectivity index (χ0) is 58.5. The molecule has 4 aromatic rings. The van der Waals surface area contributed by atoms with E-state index in [0.717, 1.165) is 22.3 Å². The number of hydrogen-bond donors (Lipinski definition) is 4. The minimum atomic E-state index is -2.06. The highest BCUT2D eigenvalue weighted by molar-refractivity contribution is 7.60. The maximum absolute atomic E-state index is 13.0. The van der Waals surface area contributed by atoms with Gasteiger partial charge in [-0.25, -0.2) is 0 Å². The van der Waals surface area contributed by atoms with Crippen LogP contribution in [0, 0.1) is 0 Å². The highest BCUT2D eigenvalue weighted by Gasteiger charge is 2.30. The Hall–Kier alpha value is -3.87. The van der Waals surface area contributed by atoms with Crippen LogP contribution in [0.15, 0.2) is 97.1 Å². The average Bonchev–Trinajstić information content (AvgIpc) is 3.40. The molecular weight excluding hydrogens is 1090 g/mol. The maximum Gasteiger partial charge on any atom is 0.331 e. The van der Waals surface area contributed by atoms with Gasteiger partial charge in [-0.2, -0.15) is 0 Å². The van der Waals surface area contributed by atoms with Crippen LogP contribution in [0.5, 0.6) is 0 Å². The largest absolute Gasteiger partial charge is 0.395 e. The minimum absolute atomic E-state index is 0. The van der Waals surface area contributed by atoms with E-state index in [1.54, 1.807) is 58.3 Å². The van der Waals surface area contributed by atoms with Crippen molar-refractivity contribution in [2.24, 2.45) is 0 Å². The summed E-state index contributed by atoms with van der Waals surface area (Å²) in [5.41, 5.74) is 5.88. The van der Waals surface area contributed by atoms with E-state index in [2.05, 4.69) is 15.5 Å². The zero-order valence-electron chi connectivity index (χ0n) is 45.7. The van der Waals surface area contributed by atoms with E-state index in [9.17, 15) is 19.2 Å². The standard InChI is InChI=1S/C26H36N2O6Si2.C22H28N2O6.C2H6Cl2Si.CH4.B5.B2/c1-35(2)31-17-13-27(14-18-32-35)25(29)23-9-5-21(6-10-23)22-7-11-24(12-8-22)26(30)28-15-19-33-36(3,4)34-20-16-28;25-13-9-23(10-14-26)21(29)19-5-1-17(2-6-19)18-3-7-20(8-4-18)22(30)24(11-15-27)12-16-28;1-5(2,3)4;;1-4-5(2)3;1-2/h5-12H,13-20H2,1-4H3;1-8,25-28H,9-16H2;1-2H3;1H4;;. The number of aliphatic hydroxyl groups excluding tert-OH is 4. The van der Waals surface area contributed by atoms with Gasteiger partial charge >= 0.3 is 17.1 Å². The number of rotatable bonds is 15. The monoisotopic (exact) mass is 1170 g/mol. The van der Waals surface area contributed by atoms with E-state index in [-0.39, 0.29) is 83.7 Å². The summed E-state index contributed by atoms with van der Waals surface area (Å²) in [6, 6.07) is 29.1. The molecule has 2 fully saturated rings. The smallest absolute Gasteiger partial charge is 0.331 e. The van der Waals surface area contributed by atoms with Crippen LogP contribution in [-0.4, -0.2) is 245 Å². The molecule has 0 spiro atoms. The number of benzene rings is 4. The van der Waals surface area contributed by atoms with Crippen LogP contribution in [0.4, 0.5) is 0 Å². The van der Waals surface area contributed by atoms with E-state index in [4.69, 9.17) is 83.5 Å². The summed E-state index contributed by atoms with van der Waals surface area (Å²) < 4.78 is 23.3. The van der Waals surface area contributed by atoms with Crippen molar-refractivity contribution in [3.8, 4) is 22.3 Å². The Bertz CT molecular complexity index is 2200. The van der Waals surface area contributed by atoms with Crippen molar-refractivity contribution in [1.82, 2.24) is 19.6 Å². The average molecular weight is 1170 g/mol. The first-order chi connectivity index (χ1) is 37.0. The summed E-state index contributed by atoms with van der Waals surface area (Å²) in [4.78, 5) is 57.3. The molecule has 0 atom stereocenters. The van der Waals surface area contributed by atoms with Crippen molar-refractivity contribution in [1.29, 1.82) is 0 Å². The molecule has 0 bridgehead atoms. The molecule has 0 saturated carbocycles. The number of halogens is 2. The van der Waals surface area contributed by atoms with Gasteiger partial charge in [-0.15, -0.1) is 22.2 Å². The first kappa shape index (κ1) is 73.1. The van der Waals surface area contributed by atoms with E-state index in [1.165, 1.54) is 16.9 Å². The van der Waals surface area contributed by atoms with Crippen LogP contribution >= 0.6 is 22.2 Å². The molecule has 2 aliphatic heterocycles. The normalized spacial score (nSPS) is 14.6. The van der Waals surface area contributed by atoms with Crippen LogP contribution in [0.3, 0.4) is 0 Å². The molecule has 79 heavy (non-hydrogen) atoms. The van der Waals surface area contributed by atoms with Crippen LogP contribution < -0.4 is 0 Å². The molecule has 11 radical (unpaired) electrons. The third-order valence-electron chi connectivity index (χ3n) is 11.3. The minimum Gasteiger partial charge on any atom is -0.395 e. The molecule has 6 rings (SSSR count). The van der Waals surface area contributed by atoms with Gasteiger partial charge in [0.25, 0.3) is 23.6 Å². The first-order valence-electron chi connectivity index (χ1n) is 25.3. The summed E-state index contributed by atoms with van der Waals surface area (Å²) >= 11 is 10.9. The lowest BCUT2D eigenvalue weighted by Crippen LogP contribution is -2.46. The third-order valence-corrected chi connectivity index (χ3v) is 14.9. The predicted octanol–water partition coefficient (Wildman–Crippen LogP) is 4.08. The van der Waals surface area contributed by atoms with Gasteiger partial charge in [-0.05, 0) is 110 Å². The Morgan fingerprint density at radius 3 is 0.924 bits per heavy atom. The van der Waals surface area contributed by atoms with Gasteiger partial charge in [-0.1, -0.05) is 56.0 Å². The predicted molar refractivity (Wildman–Crippen MR) is 331 cm³/mol. The Morgan fingerprint density at radius 2 is 0.734 bits per heavy atom. The quantitative estimate of drug-likeness (QED) is 0.0985. The van der Waals surface area contributed by atoms with Gasteiger partial charge < -0.3 is 57.7 Å². The Morgan fingerprint density at radius 1 is 0.532 bits per heavy atom. The van der Waals surface area contributed by atoms with E-state index in [0.29, 0.717) is 74.9 Å². The summed E-state index contributed by atoms with van der Waals surface area (Å²) in [6.45, 7) is 14.2. The fourth-order valence-electron chi connectivity index (χ4n) is 7.38. The van der Waals surface area contributed by atoms with Gasteiger partial charge in [-0.3, -0.25) is 19.2 Å². The van der Waals surface area contributed by atoms with Crippen molar-refractivity contribution in [2.75, 3.05) is 105 Å². The van der Waals surface area contributed by atoms with Gasteiger partial charge in [0, 0.05) is 127 Å². The van der Waals surface area contributed by atoms with Crippen molar-refractivity contribution in [3.63, 3.8) is 0 Å². The molecule has 28 heteroatoms. The molecule has 417 valence electrons. The summed E-state index contributed by atoms with van der Waals surface area (Å²) in [5, 5.41) is 36.3. The molecule has 0 aromatic heterocycles. The molecular formula is C51H74B7Cl2N4O12Si3. The summed E-state index contributed by atoms with van der Waals surface area (Å²) in [6.07, 6.45) is -0.463. The molecule has 0 aliphatic carbocycles. The topological polar surface area (TPSA) is 199 Å². The highest BCUT2D eigenvalue weighted by atomic mass is 35.7. The highest BCUT2D eigenvalue weighted by Crippen LogP contribution is 2.24. The van der Waals surface area contributed by atoms with Crippen LogP contribution in [0.1, 0.15) is 48.9 Å². The lowest BCUT2D eigenvalue weighted by Gasteiger charge is -2.31. The lowest BCUT2D eigenvalue weighted by atomic mass is 8.97. The van der Waals surface area contributed by atoms with E-state index in [1.807, 2.05) is 87.8 Å². The van der Waals surface area contributed by atoms with Crippen LogP contribution in [-0.2, 0) is 17.7 Å². The maximum atomic E-state index is 13.0. The van der Waals surface area contributed by atoms with Crippen molar-refractivity contribution >= 4 is 122 Å². The number of nitrogens with zero attached hydrogens (tertiary/aromatic N) is 4. The zero-order valence-corrected chi connectivity index (χ0v) is 50.2. The lowest BCUT2D eigenvalue weighted by molar-refractivity contribution is 0.0590. The number of carbonyl (C=O) groups is 4. The number of hydrogen-bond acceptors (Lipinski definition) is 12. The molecule has 0 unspecified atom stereocenters. The molecule has 2 heterocycles. The third kappa shape index (κ3) is 27.6. The fourth-order valence-corrected chi connectivity index (χ4v) is 9.88. The number of aliphatic hydroxyl groups is 4. The molecule has 2 aliphatic rings. The van der Waals surface area contributed by atoms with E-state index >= 15 is 0 Å². The summed E-state index contributed by atoms with van der Waals surface area (Å²) in [5.74, 6) is -0.580. The molecule has 4 amide bonds. The van der Waals surface area contributed by atoms with Crippen molar-refractivity contribution < 1.29 is 57.3 Å². The number of carbonyl (C=O) groups excluding carboxylic acids is 4. The fraction of sp³-hybridized carbons (Fsp3) is 0.451. The SMILES string of the molecule is C.C[Si](C)(Cl)Cl.C[Si]1(C)OCCN(C(=O)c2ccc(-c3ccc(C(=O)N4CCO[Si](C)(C)OCC4)cc3)cc2)CCO1.O=C(c1ccc(-c2ccc(C(=O)N(CCO)CCO)cc2)cc1)N(CCO)CCO.[B][B].[B][B]B([B])[B]. The van der Waals surface area contributed by atoms with Crippen molar-refractivity contribution in [3.05, 3.63) is 119 Å². The summed E-state index contributed by atoms with van der Waals surface area (Å²) in [7, 11) is 19.7. The van der Waals surface area contributed by atoms with Crippen LogP contribution in [0.25, 0.3) is 22.3 Å². The van der Waals surface area contributed by atoms with Gasteiger partial charge in [0.2, 0.25) is 6.69 Å². The number of amides is 4. The Kier molecular flexibility index (Phi) is 35.2. The molecule has 4 aromatic carbocycles. The molecule has 16 nitrogen and oxygen atoms in total. The molecule has 4 N–H and O–H groups in total. The second kappa shape index (κ2) is 38.0. The Labute approximate surface area is 489 Å². The van der Waals surface area contributed by atoms with E-state index < -0.39 is 30.2 Å². The molecule has 2 saturated heterocycles. The van der Waals surface area contributed by atoms with Gasteiger partial charge in [0.1, 0.15) is 0 Å². The van der Waals surface area contributed by atoms with Gasteiger partial charge in [0.05, 0.1) is 52.9 Å². The first-order valence-corrected chi connectivity index (χ1v) is 36.0. The van der Waals surface area contributed by atoms with Gasteiger partial charge in [0.15, 0.2) is 0 Å². The second-order valence-corrected chi connectivity index (χ2v) is 34.3. The second-order valence-electron chi connectivity index (χ2n) is 18.7. The Balaban J connectivity index is 0.000000656. The van der Waals surface area contributed by atoms with Crippen LogP contribution in [0.2, 0.25) is 39.3 Å². The van der Waals surface area contributed by atoms with Crippen molar-refractivity contribution in [2.45, 2.75) is 46.7 Å².